The standard InChI is InChI=1S/C6H14O7S2.K.H/c7-14(8,9)5-1-3-13-4-2-6-15(10,11)12;;/h1-6H2,(H,7,8,9)(H,10,11,12);;. The molecule has 7 nitrogen and oxygen atoms in total. The van der Waals surface area contributed by atoms with Gasteiger partial charge in [-0.1, -0.05) is 0 Å². The first-order valence-corrected chi connectivity index (χ1v) is 7.40. The Labute approximate surface area is 138 Å². The number of rotatable bonds is 8. The zero-order valence-corrected chi connectivity index (χ0v) is 9.63. The Morgan fingerprint density at radius 1 is 0.812 bits per heavy atom. The van der Waals surface area contributed by atoms with Gasteiger partial charge in [-0.25, -0.2) is 0 Å². The molecule has 0 atom stereocenters. The molecular weight excluding hydrogens is 287 g/mol. The minimum absolute atomic E-state index is 0. The van der Waals surface area contributed by atoms with E-state index in [1.807, 2.05) is 0 Å². The van der Waals surface area contributed by atoms with Gasteiger partial charge in [-0.15, -0.1) is 0 Å². The van der Waals surface area contributed by atoms with Crippen LogP contribution in [0.15, 0.2) is 0 Å². The minimum atomic E-state index is -3.96. The van der Waals surface area contributed by atoms with Crippen LogP contribution < -0.4 is 0 Å². The van der Waals surface area contributed by atoms with E-state index in [9.17, 15) is 16.8 Å². The van der Waals surface area contributed by atoms with Gasteiger partial charge < -0.3 is 4.74 Å². The van der Waals surface area contributed by atoms with Crippen molar-refractivity contribution in [3.05, 3.63) is 0 Å². The molecule has 0 aromatic rings. The molecule has 0 rings (SSSR count). The van der Waals surface area contributed by atoms with E-state index < -0.39 is 20.2 Å². The summed E-state index contributed by atoms with van der Waals surface area (Å²) in [7, 11) is -7.91. The summed E-state index contributed by atoms with van der Waals surface area (Å²) < 4.78 is 62.5. The molecule has 16 heavy (non-hydrogen) atoms. The van der Waals surface area contributed by atoms with Crippen LogP contribution in [0.3, 0.4) is 0 Å². The molecule has 0 aromatic carbocycles. The van der Waals surface area contributed by atoms with Gasteiger partial charge in [-0.2, -0.15) is 16.8 Å². The van der Waals surface area contributed by atoms with Crippen molar-refractivity contribution in [2.45, 2.75) is 12.8 Å². The molecule has 0 spiro atoms. The first kappa shape index (κ1) is 19.7. The summed E-state index contributed by atoms with van der Waals surface area (Å²) in [4.78, 5) is 0. The molecule has 0 aliphatic rings. The summed E-state index contributed by atoms with van der Waals surface area (Å²) in [6, 6.07) is 0. The summed E-state index contributed by atoms with van der Waals surface area (Å²) in [6.07, 6.45) is 0.287. The maximum absolute atomic E-state index is 10.2. The Morgan fingerprint density at radius 3 is 1.38 bits per heavy atom. The van der Waals surface area contributed by atoms with E-state index in [-0.39, 0.29) is 88.9 Å². The second kappa shape index (κ2) is 9.36. The van der Waals surface area contributed by atoms with Crippen molar-refractivity contribution in [1.82, 2.24) is 0 Å². The molecule has 0 saturated carbocycles. The van der Waals surface area contributed by atoms with E-state index in [4.69, 9.17) is 13.8 Å². The van der Waals surface area contributed by atoms with Crippen molar-refractivity contribution >= 4 is 71.6 Å². The zero-order valence-electron chi connectivity index (χ0n) is 7.99. The summed E-state index contributed by atoms with van der Waals surface area (Å²) in [5.74, 6) is -0.767. The van der Waals surface area contributed by atoms with Crippen LogP contribution in [0.2, 0.25) is 0 Å². The molecule has 0 unspecified atom stereocenters. The van der Waals surface area contributed by atoms with Crippen molar-refractivity contribution in [3.8, 4) is 0 Å². The summed E-state index contributed by atoms with van der Waals surface area (Å²) in [5.41, 5.74) is 0. The number of ether oxygens (including phenoxy) is 1. The molecule has 0 fully saturated rings. The van der Waals surface area contributed by atoms with Gasteiger partial charge in [0.05, 0.1) is 11.5 Å². The summed E-state index contributed by atoms with van der Waals surface area (Å²) in [6.45, 7) is 0.233. The molecular formula is C6H15KO7S2. The molecule has 2 N–H and O–H groups in total. The molecule has 94 valence electrons. The van der Waals surface area contributed by atoms with Gasteiger partial charge in [0.1, 0.15) is 0 Å². The SMILES string of the molecule is O=S(=O)(O)CCCOCCCS(=O)(=O)O.[KH]. The third-order valence-corrected chi connectivity index (χ3v) is 2.99. The van der Waals surface area contributed by atoms with Gasteiger partial charge in [-0.3, -0.25) is 9.11 Å². The van der Waals surface area contributed by atoms with Gasteiger partial charge in [0.2, 0.25) is 0 Å². The van der Waals surface area contributed by atoms with Crippen LogP contribution in [0.1, 0.15) is 12.8 Å². The second-order valence-electron chi connectivity index (χ2n) is 2.89. The first-order chi connectivity index (χ1) is 6.71. The van der Waals surface area contributed by atoms with Crippen LogP contribution in [0.25, 0.3) is 0 Å². The fraction of sp³-hybridized carbons (Fsp3) is 1.00. The number of hydrogen-bond donors (Lipinski definition) is 2. The van der Waals surface area contributed by atoms with E-state index in [1.54, 1.807) is 0 Å². The van der Waals surface area contributed by atoms with Crippen LogP contribution >= 0.6 is 0 Å². The third kappa shape index (κ3) is 17.8. The fourth-order valence-corrected chi connectivity index (χ4v) is 1.75. The van der Waals surface area contributed by atoms with Crippen molar-refractivity contribution < 1.29 is 30.7 Å². The Kier molecular flexibility index (Phi) is 11.6. The van der Waals surface area contributed by atoms with Gasteiger partial charge in [0, 0.05) is 13.2 Å². The molecule has 10 heteroatoms. The van der Waals surface area contributed by atoms with Crippen molar-refractivity contribution in [3.63, 3.8) is 0 Å². The molecule has 0 saturated heterocycles. The zero-order chi connectivity index (χ0) is 11.9. The molecule has 0 heterocycles. The number of hydrogen-bond acceptors (Lipinski definition) is 5. The van der Waals surface area contributed by atoms with Gasteiger partial charge >= 0.3 is 51.4 Å². The maximum atomic E-state index is 10.2. The Bertz CT molecular complexity index is 324. The van der Waals surface area contributed by atoms with Crippen molar-refractivity contribution in [2.75, 3.05) is 24.7 Å². The van der Waals surface area contributed by atoms with Crippen LogP contribution in [-0.4, -0.2) is 102 Å². The Morgan fingerprint density at radius 2 is 1.12 bits per heavy atom. The normalized spacial score (nSPS) is 12.1. The van der Waals surface area contributed by atoms with Crippen LogP contribution in [-0.2, 0) is 25.0 Å². The molecule has 0 radical (unpaired) electrons. The van der Waals surface area contributed by atoms with E-state index in [0.29, 0.717) is 0 Å². The molecule has 0 aliphatic carbocycles. The Hall–Kier alpha value is 1.42. The average molecular weight is 302 g/mol. The van der Waals surface area contributed by atoms with Crippen LogP contribution in [0.4, 0.5) is 0 Å². The summed E-state index contributed by atoms with van der Waals surface area (Å²) >= 11 is 0. The molecule has 0 amide bonds. The average Bonchev–Trinajstić information content (AvgIpc) is 1.98. The van der Waals surface area contributed by atoms with E-state index >= 15 is 0 Å². The molecule has 0 aromatic heterocycles. The second-order valence-corrected chi connectivity index (χ2v) is 6.04. The fourth-order valence-electron chi connectivity index (χ4n) is 0.789. The van der Waals surface area contributed by atoms with E-state index in [0.717, 1.165) is 0 Å². The van der Waals surface area contributed by atoms with Gasteiger partial charge in [0.25, 0.3) is 20.2 Å². The Balaban J connectivity index is 0. The molecule has 0 bridgehead atoms. The van der Waals surface area contributed by atoms with E-state index in [1.165, 1.54) is 0 Å². The predicted molar refractivity (Wildman–Crippen MR) is 60.0 cm³/mol. The predicted octanol–water partition coefficient (Wildman–Crippen LogP) is -1.09. The molecule has 0 aliphatic heterocycles. The summed E-state index contributed by atoms with van der Waals surface area (Å²) in [5, 5.41) is 0. The topological polar surface area (TPSA) is 118 Å². The monoisotopic (exact) mass is 302 g/mol. The quantitative estimate of drug-likeness (QED) is 0.332. The van der Waals surface area contributed by atoms with Crippen molar-refractivity contribution in [2.24, 2.45) is 0 Å². The van der Waals surface area contributed by atoms with Crippen LogP contribution in [0, 0.1) is 0 Å². The van der Waals surface area contributed by atoms with Crippen molar-refractivity contribution in [1.29, 1.82) is 0 Å². The third-order valence-electron chi connectivity index (χ3n) is 1.38. The van der Waals surface area contributed by atoms with E-state index in [2.05, 4.69) is 0 Å². The first-order valence-electron chi connectivity index (χ1n) is 4.19. The van der Waals surface area contributed by atoms with Gasteiger partial charge in [0.15, 0.2) is 0 Å². The van der Waals surface area contributed by atoms with Gasteiger partial charge in [-0.05, 0) is 12.8 Å². The van der Waals surface area contributed by atoms with Crippen LogP contribution in [0.5, 0.6) is 0 Å².